The van der Waals surface area contributed by atoms with Crippen LogP contribution >= 0.6 is 0 Å². The molecule has 0 spiro atoms. The number of likely N-dealkylation sites (N-methyl/N-ethyl adjacent to an activating group) is 2. The van der Waals surface area contributed by atoms with Crippen LogP contribution in [0.5, 0.6) is 0 Å². The van der Waals surface area contributed by atoms with Crippen LogP contribution in [0.25, 0.3) is 5.69 Å². The molecule has 0 bridgehead atoms. The molecule has 6 rings (SSSR count). The van der Waals surface area contributed by atoms with Crippen LogP contribution in [0.4, 0.5) is 4.39 Å². The highest BCUT2D eigenvalue weighted by atomic mass is 19.1. The van der Waals surface area contributed by atoms with Gasteiger partial charge in [0.25, 0.3) is 0 Å². The first-order chi connectivity index (χ1) is 34.3. The lowest BCUT2D eigenvalue weighted by atomic mass is 9.77. The zero-order valence-corrected chi connectivity index (χ0v) is 45.2. The quantitative estimate of drug-likeness (QED) is 0.137. The molecule has 19 atom stereocenters. The predicted molar refractivity (Wildman–Crippen MR) is 267 cm³/mol. The van der Waals surface area contributed by atoms with Crippen molar-refractivity contribution in [3.8, 4) is 5.69 Å². The van der Waals surface area contributed by atoms with Crippen LogP contribution in [-0.2, 0) is 46.1 Å². The third kappa shape index (κ3) is 13.7. The number of aliphatic hydroxyl groups excluding tert-OH is 3. The summed E-state index contributed by atoms with van der Waals surface area (Å²) in [6.07, 6.45) is -3.39. The molecule has 20 nitrogen and oxygen atoms in total. The lowest BCUT2D eigenvalue weighted by Gasteiger charge is -2.49. The van der Waals surface area contributed by atoms with E-state index in [1.54, 1.807) is 76.4 Å². The molecule has 2 aromatic heterocycles. The fourth-order valence-corrected chi connectivity index (χ4v) is 11.3. The van der Waals surface area contributed by atoms with E-state index in [-0.39, 0.29) is 25.2 Å². The van der Waals surface area contributed by atoms with E-state index < -0.39 is 121 Å². The number of cyclic esters (lactones) is 1. The largest absolute Gasteiger partial charge is 0.459 e. The Morgan fingerprint density at radius 1 is 0.973 bits per heavy atom. The van der Waals surface area contributed by atoms with Gasteiger partial charge in [-0.3, -0.25) is 4.79 Å². The number of hydrogen-bond donors (Lipinski definition) is 5. The van der Waals surface area contributed by atoms with Crippen LogP contribution in [0.3, 0.4) is 0 Å². The second-order valence-electron chi connectivity index (χ2n) is 22.1. The van der Waals surface area contributed by atoms with Gasteiger partial charge in [-0.15, -0.1) is 10.2 Å². The maximum atomic E-state index is 14.5. The molecular formula is C52H85FN8O12. The SMILES string of the molecule is CC[C@H]1OC(=O)[C@H](C)[C@@H](O[C@H]2C[C@@](C)(OC)[C@@H](O)[C@H](C)O2)[C@H](C)[C@@H](O[C@@H]2O[C@H](C)C[C@H](N(C)CCc3cn([C@H](CF)Cc4ccc(-n5ccnn5)cc4)nn3)[C@H]2O)[C@](C)(O)C[C@@H](C)CN(C)[C@H](C)[C@@H](O)[C@]1(C)O. The van der Waals surface area contributed by atoms with E-state index in [9.17, 15) is 34.7 Å². The van der Waals surface area contributed by atoms with E-state index in [0.29, 0.717) is 38.0 Å². The Labute approximate surface area is 430 Å². The van der Waals surface area contributed by atoms with Gasteiger partial charge in [-0.1, -0.05) is 43.3 Å². The number of hydrogen-bond acceptors (Lipinski definition) is 18. The summed E-state index contributed by atoms with van der Waals surface area (Å²) in [6, 6.07) is 6.04. The topological polar surface area (TPSA) is 242 Å². The van der Waals surface area contributed by atoms with Crippen molar-refractivity contribution < 1.29 is 63.1 Å². The summed E-state index contributed by atoms with van der Waals surface area (Å²) < 4.78 is 56.0. The van der Waals surface area contributed by atoms with Crippen molar-refractivity contribution in [2.24, 2.45) is 17.8 Å². The normalized spacial score (nSPS) is 39.2. The lowest BCUT2D eigenvalue weighted by Crippen LogP contribution is -2.61. The highest BCUT2D eigenvalue weighted by Gasteiger charge is 2.53. The van der Waals surface area contributed by atoms with Crippen LogP contribution in [0, 0.1) is 17.8 Å². The van der Waals surface area contributed by atoms with Crippen LogP contribution in [0.1, 0.15) is 112 Å². The number of carbonyl (C=O) groups is 1. The van der Waals surface area contributed by atoms with Gasteiger partial charge >= 0.3 is 5.97 Å². The standard InChI is InChI=1S/C52H85FN8O12/c1-14-41-52(10,67)45(63)34(6)59(12)28-30(2)25-50(8,66)47(32(4)44(33(5)48(65)71-41)72-42-26-51(9,68-13)46(64)35(7)70-42)73-49-43(62)40(23-31(3)69-49)58(11)21-19-37-29-61(57-55-37)39(27-53)24-36-15-17-38(18-16-36)60-22-20-54-56-60/h15-18,20,22,29-35,39-47,49,62-64,66-67H,14,19,21,23-28H2,1-13H3/t30-,31-,32+,33-,34-,35+,39+,40+,41-,42+,43-,44+,45-,46+,47-,49+,50-,51-,52-/m1/s1. The molecule has 0 saturated carbocycles. The summed E-state index contributed by atoms with van der Waals surface area (Å²) in [5, 5.41) is 76.3. The highest BCUT2D eigenvalue weighted by molar-refractivity contribution is 5.73. The van der Waals surface area contributed by atoms with Crippen molar-refractivity contribution in [2.45, 2.75) is 204 Å². The van der Waals surface area contributed by atoms with Gasteiger partial charge in [0.1, 0.15) is 36.7 Å². The Hall–Kier alpha value is -3.58. The Morgan fingerprint density at radius 2 is 1.67 bits per heavy atom. The second kappa shape index (κ2) is 24.6. The zero-order chi connectivity index (χ0) is 53.7. The van der Waals surface area contributed by atoms with Crippen molar-refractivity contribution in [3.05, 3.63) is 54.1 Å². The van der Waals surface area contributed by atoms with Crippen LogP contribution < -0.4 is 0 Å². The first-order valence-electron chi connectivity index (χ1n) is 26.0. The van der Waals surface area contributed by atoms with E-state index in [0.717, 1.165) is 11.3 Å². The van der Waals surface area contributed by atoms with Crippen LogP contribution in [0.15, 0.2) is 42.9 Å². The Morgan fingerprint density at radius 3 is 2.30 bits per heavy atom. The van der Waals surface area contributed by atoms with Crippen molar-refractivity contribution in [1.82, 2.24) is 39.8 Å². The second-order valence-corrected chi connectivity index (χ2v) is 22.1. The predicted octanol–water partition coefficient (Wildman–Crippen LogP) is 3.44. The third-order valence-electron chi connectivity index (χ3n) is 16.0. The third-order valence-corrected chi connectivity index (χ3v) is 16.0. The summed E-state index contributed by atoms with van der Waals surface area (Å²) >= 11 is 0. The average molecular weight is 1030 g/mol. The summed E-state index contributed by atoms with van der Waals surface area (Å²) in [7, 11) is 5.22. The molecule has 3 saturated heterocycles. The van der Waals surface area contributed by atoms with E-state index >= 15 is 0 Å². The molecule has 21 heteroatoms. The van der Waals surface area contributed by atoms with Gasteiger partial charge in [0.05, 0.1) is 71.4 Å². The van der Waals surface area contributed by atoms with Crippen LogP contribution in [-0.4, -0.2) is 203 Å². The van der Waals surface area contributed by atoms with E-state index in [1.165, 1.54) is 14.0 Å². The van der Waals surface area contributed by atoms with E-state index in [1.807, 2.05) is 62.0 Å². The number of aliphatic hydroxyl groups is 5. The molecule has 5 N–H and O–H groups in total. The number of halogens is 1. The molecule has 0 aliphatic carbocycles. The van der Waals surface area contributed by atoms with Crippen molar-refractivity contribution >= 4 is 5.97 Å². The molecule has 0 amide bonds. The Balaban J connectivity index is 1.25. The number of aromatic nitrogens is 6. The maximum Gasteiger partial charge on any atom is 0.311 e. The average Bonchev–Trinajstić information content (AvgIpc) is 4.07. The number of esters is 1. The Kier molecular flexibility index (Phi) is 19.8. The summed E-state index contributed by atoms with van der Waals surface area (Å²) in [6.45, 7) is 17.7. The minimum Gasteiger partial charge on any atom is -0.459 e. The fourth-order valence-electron chi connectivity index (χ4n) is 11.3. The highest BCUT2D eigenvalue weighted by Crippen LogP contribution is 2.40. The van der Waals surface area contributed by atoms with E-state index in [2.05, 4.69) is 20.6 Å². The first kappa shape index (κ1) is 58.7. The molecular weight excluding hydrogens is 948 g/mol. The van der Waals surface area contributed by atoms with Gasteiger partial charge in [-0.05, 0) is 112 Å². The van der Waals surface area contributed by atoms with Crippen molar-refractivity contribution in [1.29, 1.82) is 0 Å². The molecule has 3 aromatic rings. The summed E-state index contributed by atoms with van der Waals surface area (Å²) in [5.74, 6) is -2.85. The number of rotatable bonds is 15. The number of benzene rings is 1. The van der Waals surface area contributed by atoms with Gasteiger partial charge in [-0.25, -0.2) is 13.8 Å². The van der Waals surface area contributed by atoms with Gasteiger partial charge in [-0.2, -0.15) is 0 Å². The van der Waals surface area contributed by atoms with Gasteiger partial charge in [0.2, 0.25) is 0 Å². The minimum absolute atomic E-state index is 0.0884. The first-order valence-corrected chi connectivity index (χ1v) is 26.0. The molecule has 412 valence electrons. The van der Waals surface area contributed by atoms with Gasteiger partial charge in [0.15, 0.2) is 12.6 Å². The molecule has 3 aliphatic heterocycles. The number of methoxy groups -OCH3 is 1. The van der Waals surface area contributed by atoms with Gasteiger partial charge < -0.3 is 63.8 Å². The molecule has 3 aliphatic rings. The number of alkyl halides is 1. The zero-order valence-electron chi connectivity index (χ0n) is 45.2. The molecule has 1 aromatic carbocycles. The maximum absolute atomic E-state index is 14.5. The van der Waals surface area contributed by atoms with E-state index in [4.69, 9.17) is 28.4 Å². The smallest absolute Gasteiger partial charge is 0.311 e. The minimum atomic E-state index is -1.85. The molecule has 5 heterocycles. The number of carbonyl (C=O) groups excluding carboxylic acids is 1. The summed E-state index contributed by atoms with van der Waals surface area (Å²) in [4.78, 5) is 18.4. The van der Waals surface area contributed by atoms with Crippen LogP contribution in [0.2, 0.25) is 0 Å². The molecule has 0 unspecified atom stereocenters. The Bertz CT molecular complexity index is 2170. The molecule has 3 fully saturated rings. The lowest BCUT2D eigenvalue weighted by molar-refractivity contribution is -0.318. The molecule has 0 radical (unpaired) electrons. The summed E-state index contributed by atoms with van der Waals surface area (Å²) in [5.41, 5.74) is -2.15. The van der Waals surface area contributed by atoms with Crippen molar-refractivity contribution in [3.63, 3.8) is 0 Å². The van der Waals surface area contributed by atoms with Crippen molar-refractivity contribution in [2.75, 3.05) is 41.0 Å². The number of nitrogens with zero attached hydrogens (tertiary/aromatic N) is 8. The number of ether oxygens (including phenoxy) is 6. The fraction of sp³-hybridized carbons (Fsp3) is 0.788. The van der Waals surface area contributed by atoms with Gasteiger partial charge in [0, 0.05) is 57.2 Å². The monoisotopic (exact) mass is 1030 g/mol. The molecule has 73 heavy (non-hydrogen) atoms.